The van der Waals surface area contributed by atoms with Crippen LogP contribution in [-0.2, 0) is 0 Å². The van der Waals surface area contributed by atoms with Crippen LogP contribution in [0.1, 0.15) is 48.0 Å². The summed E-state index contributed by atoms with van der Waals surface area (Å²) in [6.45, 7) is 7.59. The molecule has 0 fully saturated rings. The SMILES string of the molecule is CCN(CC)CCCN1C(=O)c2oc3cc(OC)ccc3c(=O)c2C1c1cccnc1. The number of amides is 1. The maximum absolute atomic E-state index is 13.5. The molecule has 0 saturated heterocycles. The quantitative estimate of drug-likeness (QED) is 0.554. The Morgan fingerprint density at radius 2 is 2.00 bits per heavy atom. The van der Waals surface area contributed by atoms with Crippen LogP contribution in [0.3, 0.4) is 0 Å². The average molecular weight is 421 g/mol. The Bertz CT molecular complexity index is 1140. The van der Waals surface area contributed by atoms with Crippen LogP contribution in [0.25, 0.3) is 11.0 Å². The normalized spacial score (nSPS) is 15.7. The number of rotatable bonds is 8. The molecule has 1 amide bonds. The molecule has 1 aliphatic heterocycles. The fraction of sp³-hybridized carbons (Fsp3) is 0.375. The third-order valence-corrected chi connectivity index (χ3v) is 5.94. The summed E-state index contributed by atoms with van der Waals surface area (Å²) in [4.78, 5) is 35.1. The first-order valence-corrected chi connectivity index (χ1v) is 10.7. The molecule has 0 aliphatic carbocycles. The Morgan fingerprint density at radius 1 is 1.19 bits per heavy atom. The number of nitrogens with zero attached hydrogens (tertiary/aromatic N) is 3. The second-order valence-electron chi connectivity index (χ2n) is 7.60. The minimum absolute atomic E-state index is 0.113. The first-order chi connectivity index (χ1) is 15.1. The molecule has 0 saturated carbocycles. The summed E-state index contributed by atoms with van der Waals surface area (Å²) in [5, 5.41) is 0.436. The Hall–Kier alpha value is -3.19. The lowest BCUT2D eigenvalue weighted by atomic mass is 10.00. The van der Waals surface area contributed by atoms with Gasteiger partial charge >= 0.3 is 0 Å². The van der Waals surface area contributed by atoms with Crippen LogP contribution in [0.2, 0.25) is 0 Å². The highest BCUT2D eigenvalue weighted by molar-refractivity contribution is 5.99. The van der Waals surface area contributed by atoms with Gasteiger partial charge in [0, 0.05) is 25.0 Å². The molecule has 3 heterocycles. The van der Waals surface area contributed by atoms with E-state index < -0.39 is 6.04 Å². The van der Waals surface area contributed by atoms with Crippen LogP contribution in [0.5, 0.6) is 5.75 Å². The molecule has 0 N–H and O–H groups in total. The molecule has 1 aromatic carbocycles. The molecular weight excluding hydrogens is 394 g/mol. The zero-order valence-corrected chi connectivity index (χ0v) is 18.1. The third-order valence-electron chi connectivity index (χ3n) is 5.94. The Balaban J connectivity index is 1.79. The van der Waals surface area contributed by atoms with Gasteiger partial charge < -0.3 is 19.0 Å². The van der Waals surface area contributed by atoms with Gasteiger partial charge in [0.15, 0.2) is 5.43 Å². The van der Waals surface area contributed by atoms with Gasteiger partial charge in [-0.05, 0) is 49.8 Å². The first-order valence-electron chi connectivity index (χ1n) is 10.7. The first kappa shape index (κ1) is 21.1. The Morgan fingerprint density at radius 3 is 2.68 bits per heavy atom. The van der Waals surface area contributed by atoms with E-state index in [4.69, 9.17) is 9.15 Å². The molecule has 1 atom stereocenters. The van der Waals surface area contributed by atoms with Crippen LogP contribution >= 0.6 is 0 Å². The fourth-order valence-electron chi connectivity index (χ4n) is 4.24. The molecular formula is C24H27N3O4. The van der Waals surface area contributed by atoms with E-state index in [0.29, 0.717) is 28.8 Å². The van der Waals surface area contributed by atoms with Crippen LogP contribution < -0.4 is 10.2 Å². The van der Waals surface area contributed by atoms with Crippen molar-refractivity contribution in [1.29, 1.82) is 0 Å². The van der Waals surface area contributed by atoms with Crippen molar-refractivity contribution >= 4 is 16.9 Å². The van der Waals surface area contributed by atoms with E-state index in [1.54, 1.807) is 42.6 Å². The number of methoxy groups -OCH3 is 1. The van der Waals surface area contributed by atoms with Crippen molar-refractivity contribution in [3.05, 3.63) is 69.8 Å². The molecule has 0 radical (unpaired) electrons. The smallest absolute Gasteiger partial charge is 0.290 e. The van der Waals surface area contributed by atoms with Gasteiger partial charge in [-0.3, -0.25) is 14.6 Å². The molecule has 0 spiro atoms. The maximum Gasteiger partial charge on any atom is 0.290 e. The Labute approximate surface area is 181 Å². The summed E-state index contributed by atoms with van der Waals surface area (Å²) in [6, 6.07) is 8.27. The number of fused-ring (bicyclic) bond motifs is 2. The highest BCUT2D eigenvalue weighted by atomic mass is 16.5. The zero-order valence-electron chi connectivity index (χ0n) is 18.1. The second kappa shape index (κ2) is 8.89. The van der Waals surface area contributed by atoms with Gasteiger partial charge in [0.05, 0.1) is 24.1 Å². The van der Waals surface area contributed by atoms with E-state index in [9.17, 15) is 9.59 Å². The van der Waals surface area contributed by atoms with Gasteiger partial charge in [-0.1, -0.05) is 19.9 Å². The summed E-state index contributed by atoms with van der Waals surface area (Å²) in [5.74, 6) is 0.425. The van der Waals surface area contributed by atoms with Crippen molar-refractivity contribution in [2.45, 2.75) is 26.3 Å². The molecule has 7 heteroatoms. The monoisotopic (exact) mass is 421 g/mol. The zero-order chi connectivity index (χ0) is 22.0. The predicted molar refractivity (Wildman–Crippen MR) is 119 cm³/mol. The van der Waals surface area contributed by atoms with Gasteiger partial charge in [-0.25, -0.2) is 0 Å². The molecule has 2 aromatic heterocycles. The molecule has 4 rings (SSSR count). The van der Waals surface area contributed by atoms with Crippen molar-refractivity contribution in [2.24, 2.45) is 0 Å². The molecule has 1 aliphatic rings. The van der Waals surface area contributed by atoms with Crippen molar-refractivity contribution in [3.63, 3.8) is 0 Å². The van der Waals surface area contributed by atoms with Gasteiger partial charge in [-0.15, -0.1) is 0 Å². The number of hydrogen-bond acceptors (Lipinski definition) is 6. The third kappa shape index (κ3) is 3.81. The van der Waals surface area contributed by atoms with Crippen LogP contribution in [0, 0.1) is 0 Å². The van der Waals surface area contributed by atoms with Gasteiger partial charge in [-0.2, -0.15) is 0 Å². The summed E-state index contributed by atoms with van der Waals surface area (Å²) < 4.78 is 11.2. The van der Waals surface area contributed by atoms with Crippen LogP contribution in [0.4, 0.5) is 0 Å². The molecule has 3 aromatic rings. The number of carbonyl (C=O) groups excluding carboxylic acids is 1. The standard InChI is InChI=1S/C24H27N3O4/c1-4-26(5-2)12-7-13-27-21(16-8-6-11-25-15-16)20-22(28)18-10-9-17(30-3)14-19(18)31-23(20)24(27)29/h6,8-11,14-15,21H,4-5,7,12-13H2,1-3H3. The molecule has 31 heavy (non-hydrogen) atoms. The number of carbonyl (C=O) groups is 1. The lowest BCUT2D eigenvalue weighted by Crippen LogP contribution is -2.33. The van der Waals surface area contributed by atoms with Crippen molar-refractivity contribution in [3.8, 4) is 5.75 Å². The largest absolute Gasteiger partial charge is 0.497 e. The molecule has 7 nitrogen and oxygen atoms in total. The van der Waals surface area contributed by atoms with Gasteiger partial charge in [0.25, 0.3) is 5.91 Å². The minimum Gasteiger partial charge on any atom is -0.497 e. The minimum atomic E-state index is -0.504. The van der Waals surface area contributed by atoms with Crippen LogP contribution in [-0.4, -0.2) is 54.0 Å². The fourth-order valence-corrected chi connectivity index (χ4v) is 4.24. The number of hydrogen-bond donors (Lipinski definition) is 0. The number of pyridine rings is 1. The summed E-state index contributed by atoms with van der Waals surface area (Å²) >= 11 is 0. The lowest BCUT2D eigenvalue weighted by Gasteiger charge is -2.26. The maximum atomic E-state index is 13.5. The molecule has 162 valence electrons. The van der Waals surface area contributed by atoms with Crippen molar-refractivity contribution in [2.75, 3.05) is 33.3 Å². The van der Waals surface area contributed by atoms with Crippen LogP contribution in [0.15, 0.2) is 51.9 Å². The average Bonchev–Trinajstić information content (AvgIpc) is 3.09. The molecule has 1 unspecified atom stereocenters. The van der Waals surface area contributed by atoms with E-state index in [-0.39, 0.29) is 17.1 Å². The second-order valence-corrected chi connectivity index (χ2v) is 7.60. The van der Waals surface area contributed by atoms with Gasteiger partial charge in [0.2, 0.25) is 5.76 Å². The van der Waals surface area contributed by atoms with Crippen molar-refractivity contribution < 1.29 is 13.9 Å². The number of aromatic nitrogens is 1. The predicted octanol–water partition coefficient (Wildman–Crippen LogP) is 3.47. The van der Waals surface area contributed by atoms with E-state index in [0.717, 1.165) is 31.6 Å². The lowest BCUT2D eigenvalue weighted by molar-refractivity contribution is 0.0720. The summed E-state index contributed by atoms with van der Waals surface area (Å²) in [6.07, 6.45) is 4.20. The number of benzene rings is 1. The van der Waals surface area contributed by atoms with Crippen molar-refractivity contribution in [1.82, 2.24) is 14.8 Å². The Kier molecular flexibility index (Phi) is 6.04. The topological polar surface area (TPSA) is 75.9 Å². The van der Waals surface area contributed by atoms with E-state index in [2.05, 4.69) is 23.7 Å². The molecule has 0 bridgehead atoms. The number of ether oxygens (including phenoxy) is 1. The van der Waals surface area contributed by atoms with E-state index in [1.807, 2.05) is 12.1 Å². The van der Waals surface area contributed by atoms with E-state index >= 15 is 0 Å². The highest BCUT2D eigenvalue weighted by Gasteiger charge is 2.42. The summed E-state index contributed by atoms with van der Waals surface area (Å²) in [5.41, 5.74) is 1.36. The summed E-state index contributed by atoms with van der Waals surface area (Å²) in [7, 11) is 1.55. The van der Waals surface area contributed by atoms with E-state index in [1.165, 1.54) is 0 Å². The van der Waals surface area contributed by atoms with Gasteiger partial charge in [0.1, 0.15) is 11.3 Å². The highest BCUT2D eigenvalue weighted by Crippen LogP contribution is 2.38.